The average molecular weight is 673 g/mol. The summed E-state index contributed by atoms with van der Waals surface area (Å²) in [6, 6.07) is -0.167. The van der Waals surface area contributed by atoms with Crippen LogP contribution in [-0.4, -0.2) is 112 Å². The Labute approximate surface area is 256 Å². The summed E-state index contributed by atoms with van der Waals surface area (Å²) in [6.07, 6.45) is -7.64. The number of carbonyl (C=O) groups excluding carboxylic acids is 1. The van der Waals surface area contributed by atoms with Crippen LogP contribution < -0.4 is 0 Å². The van der Waals surface area contributed by atoms with E-state index in [-0.39, 0.29) is 24.3 Å². The van der Waals surface area contributed by atoms with Gasteiger partial charge >= 0.3 is 0 Å². The third-order valence-electron chi connectivity index (χ3n) is 8.58. The van der Waals surface area contributed by atoms with Crippen molar-refractivity contribution >= 4 is 17.7 Å². The summed E-state index contributed by atoms with van der Waals surface area (Å²) in [5.74, 6) is -11.7. The Kier molecular flexibility index (Phi) is 9.47. The highest BCUT2D eigenvalue weighted by atomic mass is 32.2. The summed E-state index contributed by atoms with van der Waals surface area (Å²) in [4.78, 5) is 14.8. The molecule has 3 aliphatic rings. The summed E-state index contributed by atoms with van der Waals surface area (Å²) in [5, 5.41) is 49.8. The number of alkyl halides is 4. The zero-order chi connectivity index (χ0) is 32.9. The van der Waals surface area contributed by atoms with Gasteiger partial charge in [-0.1, -0.05) is 5.21 Å². The number of carbonyl (C=O) groups is 1. The van der Waals surface area contributed by atoms with Crippen molar-refractivity contribution in [1.29, 1.82) is 0 Å². The Morgan fingerprint density at radius 1 is 0.978 bits per heavy atom. The van der Waals surface area contributed by atoms with Crippen molar-refractivity contribution in [2.75, 3.05) is 19.7 Å². The molecule has 2 aliphatic heterocycles. The minimum Gasteiger partial charge on any atom is -0.394 e. The lowest BCUT2D eigenvalue weighted by atomic mass is 9.80. The van der Waals surface area contributed by atoms with Gasteiger partial charge < -0.3 is 30.1 Å². The van der Waals surface area contributed by atoms with Crippen molar-refractivity contribution in [3.63, 3.8) is 0 Å². The number of rotatable bonds is 7. The number of likely N-dealkylation sites (tertiary alicyclic amines) is 1. The Morgan fingerprint density at radius 2 is 1.56 bits per heavy atom. The van der Waals surface area contributed by atoms with E-state index in [1.807, 2.05) is 0 Å². The maximum absolute atomic E-state index is 14.0. The number of aromatic nitrogens is 3. The minimum atomic E-state index is -3.10. The number of hydrogen-bond donors (Lipinski definition) is 4. The van der Waals surface area contributed by atoms with E-state index in [9.17, 15) is 56.0 Å². The fourth-order valence-corrected chi connectivity index (χ4v) is 7.38. The van der Waals surface area contributed by atoms with Crippen molar-refractivity contribution in [1.82, 2.24) is 19.9 Å². The Bertz CT molecular complexity index is 1360. The van der Waals surface area contributed by atoms with E-state index in [1.54, 1.807) is 0 Å². The molecular formula is C27H31F7N4O6S. The molecular weight excluding hydrogens is 641 g/mol. The molecule has 1 aromatic carbocycles. The van der Waals surface area contributed by atoms with Gasteiger partial charge in [0.25, 0.3) is 5.92 Å². The van der Waals surface area contributed by atoms with Crippen LogP contribution in [0.1, 0.15) is 44.6 Å². The summed E-state index contributed by atoms with van der Waals surface area (Å²) in [6.45, 7) is -1.54. The van der Waals surface area contributed by atoms with Crippen molar-refractivity contribution in [2.45, 2.75) is 91.0 Å². The lowest BCUT2D eigenvalue weighted by Crippen LogP contribution is -2.59. The lowest BCUT2D eigenvalue weighted by molar-refractivity contribution is -0.179. The van der Waals surface area contributed by atoms with E-state index in [1.165, 1.54) is 0 Å². The maximum Gasteiger partial charge on any atom is 0.251 e. The van der Waals surface area contributed by atoms with E-state index >= 15 is 0 Å². The maximum atomic E-state index is 14.0. The summed E-state index contributed by atoms with van der Waals surface area (Å²) >= 11 is 0.539. The van der Waals surface area contributed by atoms with Gasteiger partial charge in [0.2, 0.25) is 11.8 Å². The lowest BCUT2D eigenvalue weighted by Gasteiger charge is -2.47. The number of halogens is 7. The number of amides is 1. The van der Waals surface area contributed by atoms with Gasteiger partial charge in [-0.3, -0.25) is 4.79 Å². The zero-order valence-corrected chi connectivity index (χ0v) is 24.3. The number of thioether (sulfide) groups is 1. The molecule has 45 heavy (non-hydrogen) atoms. The largest absolute Gasteiger partial charge is 0.394 e. The topological polar surface area (TPSA) is 141 Å². The van der Waals surface area contributed by atoms with Gasteiger partial charge in [-0.15, -0.1) is 16.9 Å². The molecule has 10 nitrogen and oxygen atoms in total. The summed E-state index contributed by atoms with van der Waals surface area (Å²) in [7, 11) is 0. The zero-order valence-electron chi connectivity index (χ0n) is 23.5. The Balaban J connectivity index is 1.44. The molecule has 0 spiro atoms. The van der Waals surface area contributed by atoms with Crippen LogP contribution in [0.15, 0.2) is 18.3 Å². The molecule has 2 aromatic rings. The van der Waals surface area contributed by atoms with E-state index < -0.39 is 121 Å². The van der Waals surface area contributed by atoms with Gasteiger partial charge in [-0.25, -0.2) is 35.4 Å². The number of hydrogen-bond acceptors (Lipinski definition) is 9. The minimum absolute atomic E-state index is 0.184. The first-order chi connectivity index (χ1) is 21.0. The average Bonchev–Trinajstić information content (AvgIpc) is 3.46. The second kappa shape index (κ2) is 12.6. The third kappa shape index (κ3) is 6.95. The highest BCUT2D eigenvalue weighted by Gasteiger charge is 2.54. The van der Waals surface area contributed by atoms with E-state index in [2.05, 4.69) is 10.3 Å². The second-order valence-corrected chi connectivity index (χ2v) is 12.9. The summed E-state index contributed by atoms with van der Waals surface area (Å²) < 4.78 is 103. The van der Waals surface area contributed by atoms with E-state index in [4.69, 9.17) is 4.74 Å². The van der Waals surface area contributed by atoms with Gasteiger partial charge in [-0.2, -0.15) is 0 Å². The monoisotopic (exact) mass is 672 g/mol. The van der Waals surface area contributed by atoms with Crippen LogP contribution in [-0.2, 0) is 9.53 Å². The van der Waals surface area contributed by atoms with Crippen LogP contribution in [0.25, 0.3) is 11.3 Å². The van der Waals surface area contributed by atoms with Gasteiger partial charge in [0.1, 0.15) is 40.7 Å². The van der Waals surface area contributed by atoms with Gasteiger partial charge in [-0.05, 0) is 25.0 Å². The molecule has 3 fully saturated rings. The number of ether oxygens (including phenoxy) is 1. The quantitative estimate of drug-likeness (QED) is 0.258. The van der Waals surface area contributed by atoms with E-state index in [0.717, 1.165) is 15.8 Å². The molecule has 1 saturated carbocycles. The molecule has 4 N–H and O–H groups in total. The molecule has 1 amide bonds. The van der Waals surface area contributed by atoms with Crippen LogP contribution in [0.3, 0.4) is 0 Å². The SMILES string of the molecule is O=C([C@@H](S[C@@H]1O[C@H](CO)[C@H](O)[C@H](n2cc(-c3cc(F)c(F)c(F)c3)nn2)[C@H]1O)C1(O)CCC(F)(F)CC1)N1CCC(F)(F)CC1. The highest BCUT2D eigenvalue weighted by Crippen LogP contribution is 2.47. The first-order valence-corrected chi connectivity index (χ1v) is 15.1. The molecule has 1 aliphatic carbocycles. The first-order valence-electron chi connectivity index (χ1n) is 14.2. The third-order valence-corrected chi connectivity index (χ3v) is 10.2. The smallest absolute Gasteiger partial charge is 0.251 e. The van der Waals surface area contributed by atoms with Crippen LogP contribution in [0.2, 0.25) is 0 Å². The molecule has 3 heterocycles. The number of nitrogens with zero attached hydrogens (tertiary/aromatic N) is 4. The summed E-state index contributed by atoms with van der Waals surface area (Å²) in [5.41, 5.74) is -3.98. The molecule has 0 radical (unpaired) electrons. The molecule has 250 valence electrons. The van der Waals surface area contributed by atoms with Crippen molar-refractivity contribution in [3.05, 3.63) is 35.8 Å². The molecule has 1 aromatic heterocycles. The predicted octanol–water partition coefficient (Wildman–Crippen LogP) is 2.64. The molecule has 18 heteroatoms. The predicted molar refractivity (Wildman–Crippen MR) is 143 cm³/mol. The molecule has 0 bridgehead atoms. The highest BCUT2D eigenvalue weighted by molar-refractivity contribution is 8.01. The van der Waals surface area contributed by atoms with Gasteiger partial charge in [0.05, 0.1) is 18.4 Å². The number of aliphatic hydroxyl groups is 4. The standard InChI is InChI=1S/C27H31F7N4O6S/c28-14-9-13(10-15(29)18(14)30)16-11-38(36-35-16)19-20(40)17(12-39)44-24(21(19)41)45-22(25(43)1-3-26(31,32)4-2-25)23(42)37-7-5-27(33,34)6-8-37/h9-11,17,19-22,24,39-41,43H,1-8,12H2/t17-,19+,20+,21-,22-,24+/m1/s1. The van der Waals surface area contributed by atoms with Gasteiger partial charge in [0.15, 0.2) is 17.5 Å². The van der Waals surface area contributed by atoms with Crippen LogP contribution in [0, 0.1) is 17.5 Å². The Hall–Kier alpha value is -2.51. The fraction of sp³-hybridized carbons (Fsp3) is 0.667. The molecule has 6 atom stereocenters. The number of piperidine rings is 1. The molecule has 2 saturated heterocycles. The van der Waals surface area contributed by atoms with Crippen molar-refractivity contribution in [2.24, 2.45) is 0 Å². The van der Waals surface area contributed by atoms with Crippen molar-refractivity contribution in [3.8, 4) is 11.3 Å². The number of aliphatic hydroxyl groups excluding tert-OH is 3. The van der Waals surface area contributed by atoms with E-state index in [0.29, 0.717) is 23.9 Å². The normalized spacial score (nSPS) is 30.2. The fourth-order valence-electron chi connectivity index (χ4n) is 5.83. The second-order valence-electron chi connectivity index (χ2n) is 11.7. The number of benzene rings is 1. The Morgan fingerprint density at radius 3 is 2.13 bits per heavy atom. The molecule has 5 rings (SSSR count). The molecule has 0 unspecified atom stereocenters. The first kappa shape index (κ1) is 33.8. The van der Waals surface area contributed by atoms with Crippen LogP contribution in [0.4, 0.5) is 30.7 Å². The van der Waals surface area contributed by atoms with Crippen LogP contribution in [0.5, 0.6) is 0 Å². The van der Waals surface area contributed by atoms with Crippen LogP contribution >= 0.6 is 11.8 Å². The van der Waals surface area contributed by atoms with Crippen molar-refractivity contribution < 1.29 is 60.7 Å². The van der Waals surface area contributed by atoms with Gasteiger partial charge in [0, 0.05) is 44.3 Å².